The summed E-state index contributed by atoms with van der Waals surface area (Å²) in [5.74, 6) is 3.43. The second kappa shape index (κ2) is 5.43. The molecule has 4 aliphatic carbocycles. The van der Waals surface area contributed by atoms with Gasteiger partial charge in [-0.15, -0.1) is 0 Å². The van der Waals surface area contributed by atoms with E-state index < -0.39 is 0 Å². The lowest BCUT2D eigenvalue weighted by atomic mass is 9.47. The zero-order valence-corrected chi connectivity index (χ0v) is 15.8. The highest BCUT2D eigenvalue weighted by molar-refractivity contribution is 5.80. The lowest BCUT2D eigenvalue weighted by molar-refractivity contribution is -0.128. The van der Waals surface area contributed by atoms with E-state index in [1.807, 2.05) is 6.92 Å². The molecule has 1 N–H and O–H groups in total. The molecule has 0 heterocycles. The van der Waals surface area contributed by atoms with Crippen LogP contribution in [0.2, 0.25) is 0 Å². The molecule has 0 aliphatic heterocycles. The molecular weight excluding hydrogens is 296 g/mol. The highest BCUT2D eigenvalue weighted by Crippen LogP contribution is 2.67. The van der Waals surface area contributed by atoms with Gasteiger partial charge in [-0.2, -0.15) is 0 Å². The average Bonchev–Trinajstić information content (AvgIpc) is 2.84. The van der Waals surface area contributed by atoms with Crippen molar-refractivity contribution in [3.8, 4) is 0 Å². The van der Waals surface area contributed by atoms with Crippen molar-refractivity contribution in [2.24, 2.45) is 40.4 Å². The topological polar surface area (TPSA) is 37.3 Å². The summed E-state index contributed by atoms with van der Waals surface area (Å²) in [7, 11) is 0. The summed E-state index contributed by atoms with van der Waals surface area (Å²) in [6, 6.07) is 0. The molecule has 134 valence electrons. The van der Waals surface area contributed by atoms with Crippen LogP contribution in [0, 0.1) is 40.4 Å². The van der Waals surface area contributed by atoms with Gasteiger partial charge in [-0.1, -0.05) is 32.4 Å². The molecule has 0 radical (unpaired) electrons. The molecule has 0 aromatic rings. The molecule has 8 unspecified atom stereocenters. The summed E-state index contributed by atoms with van der Waals surface area (Å²) in [5.41, 5.74) is 2.09. The maximum atomic E-state index is 12.4. The Bertz CT molecular complexity index is 599. The first-order chi connectivity index (χ1) is 11.8. The second-order valence-corrected chi connectivity index (χ2v) is 9.97. The number of Topliss-reactive ketones (excluding diaryl/α,β-unsaturated/α-hetero) is 1. The molecule has 0 spiro atoms. The highest BCUT2D eigenvalue weighted by atomic mass is 16.3. The third-order valence-corrected chi connectivity index (χ3v) is 8.84. The Morgan fingerprint density at radius 2 is 2.08 bits per heavy atom. The fourth-order valence-corrected chi connectivity index (χ4v) is 7.86. The Labute approximate surface area is 148 Å². The van der Waals surface area contributed by atoms with E-state index in [-0.39, 0.29) is 17.4 Å². The number of fused-ring (bicyclic) bond motifs is 5. The van der Waals surface area contributed by atoms with Gasteiger partial charge in [0.25, 0.3) is 0 Å². The Morgan fingerprint density at radius 3 is 2.79 bits per heavy atom. The summed E-state index contributed by atoms with van der Waals surface area (Å²) in [5, 5.41) is 4.93. The summed E-state index contributed by atoms with van der Waals surface area (Å²) in [6.07, 6.45) is 10.6. The molecule has 0 amide bonds. The van der Waals surface area contributed by atoms with Crippen molar-refractivity contribution in [2.75, 3.05) is 0 Å². The van der Waals surface area contributed by atoms with Crippen LogP contribution in [0.1, 0.15) is 72.6 Å². The zero-order chi connectivity index (χ0) is 18.0. The van der Waals surface area contributed by atoms with Crippen LogP contribution in [-0.2, 0) is 4.79 Å². The summed E-state index contributed by atoms with van der Waals surface area (Å²) in [6.45, 7) is 9.05. The number of aliphatic hydroxyl groups is 1. The largest absolute Gasteiger partial charge is 0.393 e. The van der Waals surface area contributed by atoms with Crippen LogP contribution in [0.3, 0.4) is 0 Å². The lowest BCUT2D eigenvalue weighted by Gasteiger charge is -2.57. The molecule has 2 nitrogen and oxygen atoms in total. The Hall–Kier alpha value is -0.630. The molecular formula is C22H34O2. The van der Waals surface area contributed by atoms with Crippen molar-refractivity contribution in [3.05, 3.63) is 11.6 Å². The maximum Gasteiger partial charge on any atom is 0.210 e. The minimum Gasteiger partial charge on any atom is -0.393 e. The van der Waals surface area contributed by atoms with Crippen molar-refractivity contribution < 1.29 is 9.90 Å². The quantitative estimate of drug-likeness (QED) is 0.741. The highest BCUT2D eigenvalue weighted by Gasteiger charge is 2.61. The monoisotopic (exact) mass is 331 g/mol. The smallest absolute Gasteiger partial charge is 0.210 e. The summed E-state index contributed by atoms with van der Waals surface area (Å²) < 4.78 is 7.30. The number of hydrogen-bond acceptors (Lipinski definition) is 2. The van der Waals surface area contributed by atoms with E-state index >= 15 is 0 Å². The van der Waals surface area contributed by atoms with Crippen molar-refractivity contribution in [1.82, 2.24) is 0 Å². The Morgan fingerprint density at radius 1 is 1.29 bits per heavy atom. The van der Waals surface area contributed by atoms with E-state index in [0.717, 1.165) is 24.7 Å². The fourth-order valence-electron chi connectivity index (χ4n) is 7.86. The number of carbonyl (C=O) groups is 1. The van der Waals surface area contributed by atoms with E-state index in [9.17, 15) is 4.79 Å². The predicted molar refractivity (Wildman–Crippen MR) is 96.4 cm³/mol. The van der Waals surface area contributed by atoms with Gasteiger partial charge in [-0.3, -0.25) is 4.79 Å². The van der Waals surface area contributed by atoms with Gasteiger partial charge in [0.15, 0.2) is 0 Å². The van der Waals surface area contributed by atoms with Gasteiger partial charge < -0.3 is 5.11 Å². The summed E-state index contributed by atoms with van der Waals surface area (Å²) in [4.78, 5) is 12.4. The first-order valence-electron chi connectivity index (χ1n) is 10.5. The van der Waals surface area contributed by atoms with Gasteiger partial charge in [0.1, 0.15) is 5.78 Å². The molecule has 2 heteroatoms. The van der Waals surface area contributed by atoms with Gasteiger partial charge in [-0.25, -0.2) is 0 Å². The first-order valence-corrected chi connectivity index (χ1v) is 10.1. The standard InChI is InChI=1S/C22H34O2/c1-13-11-19-17-6-5-15-12-16(24)7-9-21(15,3)18(17)8-10-22(19,4)20(13)14(2)23/h5,13,16-20,24H,6-12H2,1-4H3/i24D. The van der Waals surface area contributed by atoms with E-state index in [4.69, 9.17) is 6.54 Å². The van der Waals surface area contributed by atoms with Crippen LogP contribution < -0.4 is 0 Å². The van der Waals surface area contributed by atoms with E-state index in [2.05, 4.69) is 26.8 Å². The Kier molecular flexibility index (Phi) is 3.53. The van der Waals surface area contributed by atoms with Crippen LogP contribution in [-0.4, -0.2) is 18.4 Å². The van der Waals surface area contributed by atoms with Gasteiger partial charge in [0.05, 0.1) is 6.10 Å². The van der Waals surface area contributed by atoms with Crippen LogP contribution >= 0.6 is 0 Å². The minimum absolute atomic E-state index is 0.0957. The number of aliphatic hydroxyl groups excluding tert-OH is 1. The first kappa shape index (κ1) is 15.6. The fraction of sp³-hybridized carbons (Fsp3) is 0.864. The van der Waals surface area contributed by atoms with E-state index in [1.54, 1.807) is 5.57 Å². The van der Waals surface area contributed by atoms with E-state index in [0.29, 0.717) is 23.0 Å². The van der Waals surface area contributed by atoms with E-state index in [1.165, 1.54) is 32.1 Å². The number of hydrogen-bond donors (Lipinski definition) is 1. The second-order valence-electron chi connectivity index (χ2n) is 9.97. The van der Waals surface area contributed by atoms with Gasteiger partial charge in [-0.05, 0) is 86.4 Å². The number of ketones is 1. The molecule has 4 rings (SSSR count). The SMILES string of the molecule is [2H]OC1CCC2(C)C(=CCC3C2CCC2(C)C3CC(C)C2C(C)=O)C1. The van der Waals surface area contributed by atoms with Crippen molar-refractivity contribution in [2.45, 2.75) is 78.7 Å². The van der Waals surface area contributed by atoms with Gasteiger partial charge in [0, 0.05) is 5.92 Å². The molecule has 24 heavy (non-hydrogen) atoms. The molecule has 8 atom stereocenters. The lowest BCUT2D eigenvalue weighted by Crippen LogP contribution is -2.51. The zero-order valence-electron chi connectivity index (χ0n) is 16.8. The minimum atomic E-state index is 0.0957. The van der Waals surface area contributed by atoms with Crippen LogP contribution in [0.4, 0.5) is 0 Å². The van der Waals surface area contributed by atoms with Gasteiger partial charge in [0.2, 0.25) is 1.43 Å². The van der Waals surface area contributed by atoms with Crippen LogP contribution in [0.15, 0.2) is 11.6 Å². The predicted octanol–water partition coefficient (Wildman–Crippen LogP) is 4.76. The molecule has 3 saturated carbocycles. The van der Waals surface area contributed by atoms with Crippen molar-refractivity contribution in [3.63, 3.8) is 0 Å². The summed E-state index contributed by atoms with van der Waals surface area (Å²) >= 11 is 0. The molecule has 0 aromatic carbocycles. The van der Waals surface area contributed by atoms with Gasteiger partial charge >= 0.3 is 0 Å². The molecule has 0 bridgehead atoms. The molecule has 0 saturated heterocycles. The normalized spacial score (nSPS) is 54.2. The third-order valence-electron chi connectivity index (χ3n) is 8.84. The van der Waals surface area contributed by atoms with Crippen molar-refractivity contribution >= 4 is 5.78 Å². The Balaban J connectivity index is 1.66. The molecule has 4 aliphatic rings. The molecule has 0 aromatic heterocycles. The molecule has 3 fully saturated rings. The third kappa shape index (κ3) is 2.14. The number of allylic oxidation sites excluding steroid dienone is 1. The average molecular weight is 332 g/mol. The van der Waals surface area contributed by atoms with Crippen LogP contribution in [0.5, 0.6) is 0 Å². The van der Waals surface area contributed by atoms with Crippen molar-refractivity contribution in [1.29, 1.82) is 1.43 Å². The number of rotatable bonds is 2. The maximum absolute atomic E-state index is 12.4. The number of carbonyl (C=O) groups excluding carboxylic acids is 1. The van der Waals surface area contributed by atoms with Crippen LogP contribution in [0.25, 0.3) is 0 Å².